The number of aromatic amines is 1. The Morgan fingerprint density at radius 3 is 2.81 bits per heavy atom. The van der Waals surface area contributed by atoms with Crippen molar-refractivity contribution in [3.8, 4) is 6.07 Å². The number of benzene rings is 2. The minimum Gasteiger partial charge on any atom is -0.360 e. The van der Waals surface area contributed by atoms with Gasteiger partial charge in [0.25, 0.3) is 5.91 Å². The predicted octanol–water partition coefficient (Wildman–Crippen LogP) is 4.55. The van der Waals surface area contributed by atoms with Crippen molar-refractivity contribution in [3.05, 3.63) is 70.9 Å². The molecule has 3 aromatic rings. The molecule has 1 aromatic heterocycles. The maximum Gasteiger partial charge on any atom is 0.266 e. The van der Waals surface area contributed by atoms with Crippen LogP contribution in [0.15, 0.2) is 48.2 Å². The number of para-hydroxylation sites is 1. The molecule has 0 saturated carbocycles. The smallest absolute Gasteiger partial charge is 0.266 e. The minimum atomic E-state index is -0.907. The van der Waals surface area contributed by atoms with Gasteiger partial charge in [0.2, 0.25) is 0 Å². The standard InChI is InChI=1S/C20H15F2N3O/c1-2-12-4-3-5-16-14(11-24-19(12)16)8-13(10-23)20(26)25-18-7-6-15(21)9-17(18)22/h3-9,11,24H,2H2,1H3,(H,25,26)/b13-8+. The van der Waals surface area contributed by atoms with Crippen molar-refractivity contribution < 1.29 is 13.6 Å². The van der Waals surface area contributed by atoms with Crippen LogP contribution in [0.3, 0.4) is 0 Å². The Balaban J connectivity index is 1.93. The Hall–Kier alpha value is -3.46. The number of rotatable bonds is 4. The number of halogens is 2. The Morgan fingerprint density at radius 2 is 2.12 bits per heavy atom. The third-order valence-electron chi connectivity index (χ3n) is 4.06. The van der Waals surface area contributed by atoms with E-state index >= 15 is 0 Å². The summed E-state index contributed by atoms with van der Waals surface area (Å²) < 4.78 is 26.6. The fourth-order valence-electron chi connectivity index (χ4n) is 2.74. The number of anilines is 1. The molecule has 0 bridgehead atoms. The summed E-state index contributed by atoms with van der Waals surface area (Å²) in [7, 11) is 0. The molecule has 0 atom stereocenters. The number of aryl methyl sites for hydroxylation is 1. The van der Waals surface area contributed by atoms with Crippen molar-refractivity contribution in [2.75, 3.05) is 5.32 Å². The highest BCUT2D eigenvalue weighted by Crippen LogP contribution is 2.24. The van der Waals surface area contributed by atoms with E-state index in [1.807, 2.05) is 31.2 Å². The van der Waals surface area contributed by atoms with Crippen molar-refractivity contribution in [1.82, 2.24) is 4.98 Å². The summed E-state index contributed by atoms with van der Waals surface area (Å²) in [5.74, 6) is -2.42. The first-order valence-electron chi connectivity index (χ1n) is 8.00. The molecule has 0 spiro atoms. The van der Waals surface area contributed by atoms with Crippen molar-refractivity contribution in [2.45, 2.75) is 13.3 Å². The molecule has 4 nitrogen and oxygen atoms in total. The van der Waals surface area contributed by atoms with E-state index in [-0.39, 0.29) is 11.3 Å². The van der Waals surface area contributed by atoms with Crippen molar-refractivity contribution in [2.24, 2.45) is 0 Å². The molecule has 0 aliphatic rings. The number of carbonyl (C=O) groups is 1. The van der Waals surface area contributed by atoms with Crippen LogP contribution in [0.5, 0.6) is 0 Å². The van der Waals surface area contributed by atoms with Crippen LogP contribution in [0.25, 0.3) is 17.0 Å². The van der Waals surface area contributed by atoms with Crippen LogP contribution in [0.1, 0.15) is 18.1 Å². The number of nitrogens with zero attached hydrogens (tertiary/aromatic N) is 1. The first-order chi connectivity index (χ1) is 12.5. The van der Waals surface area contributed by atoms with E-state index in [4.69, 9.17) is 0 Å². The summed E-state index contributed by atoms with van der Waals surface area (Å²) in [5.41, 5.74) is 2.38. The number of fused-ring (bicyclic) bond motifs is 1. The molecule has 1 heterocycles. The van der Waals surface area contributed by atoms with Crippen LogP contribution in [-0.4, -0.2) is 10.9 Å². The number of amides is 1. The summed E-state index contributed by atoms with van der Waals surface area (Å²) in [6, 6.07) is 10.4. The number of nitrogens with one attached hydrogen (secondary N) is 2. The van der Waals surface area contributed by atoms with Gasteiger partial charge in [-0.1, -0.05) is 25.1 Å². The molecular formula is C20H15F2N3O. The zero-order valence-electron chi connectivity index (χ0n) is 13.9. The largest absolute Gasteiger partial charge is 0.360 e. The van der Waals surface area contributed by atoms with Gasteiger partial charge in [0.05, 0.1) is 5.69 Å². The normalized spacial score (nSPS) is 11.4. The predicted molar refractivity (Wildman–Crippen MR) is 96.3 cm³/mol. The molecule has 0 saturated heterocycles. The summed E-state index contributed by atoms with van der Waals surface area (Å²) in [4.78, 5) is 15.4. The van der Waals surface area contributed by atoms with E-state index in [1.54, 1.807) is 6.20 Å². The molecular weight excluding hydrogens is 336 g/mol. The molecule has 1 amide bonds. The third kappa shape index (κ3) is 3.33. The second kappa shape index (κ2) is 7.19. The van der Waals surface area contributed by atoms with E-state index in [0.29, 0.717) is 11.6 Å². The highest BCUT2D eigenvalue weighted by atomic mass is 19.1. The number of hydrogen-bond donors (Lipinski definition) is 2. The molecule has 0 aliphatic heterocycles. The second-order valence-corrected chi connectivity index (χ2v) is 5.69. The van der Waals surface area contributed by atoms with E-state index in [9.17, 15) is 18.8 Å². The minimum absolute atomic E-state index is 0.184. The molecule has 130 valence electrons. The van der Waals surface area contributed by atoms with Crippen LogP contribution in [-0.2, 0) is 11.2 Å². The zero-order chi connectivity index (χ0) is 18.7. The first-order valence-corrected chi connectivity index (χ1v) is 8.00. The molecule has 0 unspecified atom stereocenters. The molecule has 2 N–H and O–H groups in total. The fraction of sp³-hybridized carbons (Fsp3) is 0.100. The van der Waals surface area contributed by atoms with Gasteiger partial charge in [-0.2, -0.15) is 5.26 Å². The SMILES string of the molecule is CCc1cccc2c(/C=C(\C#N)C(=O)Nc3ccc(F)cc3F)c[nH]c12. The lowest BCUT2D eigenvalue weighted by Gasteiger charge is -2.05. The Kier molecular flexibility index (Phi) is 4.81. The van der Waals surface area contributed by atoms with E-state index < -0.39 is 17.5 Å². The van der Waals surface area contributed by atoms with Gasteiger partial charge >= 0.3 is 0 Å². The molecule has 2 aromatic carbocycles. The fourth-order valence-corrected chi connectivity index (χ4v) is 2.74. The van der Waals surface area contributed by atoms with Crippen LogP contribution in [0, 0.1) is 23.0 Å². The molecule has 0 fully saturated rings. The number of H-pyrrole nitrogens is 1. The summed E-state index contributed by atoms with van der Waals surface area (Å²) in [6.07, 6.45) is 4.00. The molecule has 6 heteroatoms. The van der Waals surface area contributed by atoms with Crippen molar-refractivity contribution in [3.63, 3.8) is 0 Å². The lowest BCUT2D eigenvalue weighted by atomic mass is 10.1. The second-order valence-electron chi connectivity index (χ2n) is 5.69. The first kappa shape index (κ1) is 17.4. The highest BCUT2D eigenvalue weighted by molar-refractivity contribution is 6.10. The number of hydrogen-bond acceptors (Lipinski definition) is 2. The van der Waals surface area contributed by atoms with E-state index in [0.717, 1.165) is 35.0 Å². The van der Waals surface area contributed by atoms with Gasteiger partial charge in [0.1, 0.15) is 23.3 Å². The summed E-state index contributed by atoms with van der Waals surface area (Å²) in [5, 5.41) is 12.5. The Bertz CT molecular complexity index is 1060. The Labute approximate surface area is 148 Å². The number of aromatic nitrogens is 1. The average Bonchev–Trinajstić information content (AvgIpc) is 3.04. The lowest BCUT2D eigenvalue weighted by molar-refractivity contribution is -0.112. The maximum absolute atomic E-state index is 13.7. The zero-order valence-corrected chi connectivity index (χ0v) is 13.9. The molecule has 0 aliphatic carbocycles. The summed E-state index contributed by atoms with van der Waals surface area (Å²) in [6.45, 7) is 2.04. The van der Waals surface area contributed by atoms with Gasteiger partial charge in [-0.25, -0.2) is 8.78 Å². The van der Waals surface area contributed by atoms with Crippen LogP contribution < -0.4 is 5.32 Å². The van der Waals surface area contributed by atoms with Gasteiger partial charge in [0, 0.05) is 28.7 Å². The lowest BCUT2D eigenvalue weighted by Crippen LogP contribution is -2.14. The maximum atomic E-state index is 13.7. The van der Waals surface area contributed by atoms with Gasteiger partial charge in [-0.3, -0.25) is 4.79 Å². The van der Waals surface area contributed by atoms with Gasteiger partial charge in [-0.05, 0) is 30.2 Å². The monoisotopic (exact) mass is 351 g/mol. The van der Waals surface area contributed by atoms with Crippen LogP contribution in [0.2, 0.25) is 0 Å². The van der Waals surface area contributed by atoms with Crippen molar-refractivity contribution >= 4 is 28.6 Å². The van der Waals surface area contributed by atoms with Gasteiger partial charge in [-0.15, -0.1) is 0 Å². The van der Waals surface area contributed by atoms with E-state index in [1.165, 1.54) is 6.08 Å². The number of carbonyl (C=O) groups excluding carboxylic acids is 1. The molecule has 26 heavy (non-hydrogen) atoms. The third-order valence-corrected chi connectivity index (χ3v) is 4.06. The average molecular weight is 351 g/mol. The van der Waals surface area contributed by atoms with Crippen LogP contribution >= 0.6 is 0 Å². The quantitative estimate of drug-likeness (QED) is 0.535. The molecule has 3 rings (SSSR count). The van der Waals surface area contributed by atoms with Crippen molar-refractivity contribution in [1.29, 1.82) is 5.26 Å². The summed E-state index contributed by atoms with van der Waals surface area (Å²) >= 11 is 0. The van der Waals surface area contributed by atoms with E-state index in [2.05, 4.69) is 10.3 Å². The molecule has 0 radical (unpaired) electrons. The highest BCUT2D eigenvalue weighted by Gasteiger charge is 2.14. The van der Waals surface area contributed by atoms with Gasteiger partial charge in [0.15, 0.2) is 0 Å². The topological polar surface area (TPSA) is 68.7 Å². The number of nitriles is 1. The Morgan fingerprint density at radius 1 is 1.31 bits per heavy atom. The van der Waals surface area contributed by atoms with Gasteiger partial charge < -0.3 is 10.3 Å². The van der Waals surface area contributed by atoms with Crippen LogP contribution in [0.4, 0.5) is 14.5 Å².